The summed E-state index contributed by atoms with van der Waals surface area (Å²) < 4.78 is 110. The standard InChI is InChI=1S/C26H16F7N2O2PS2/c1-40(37)18-5-14(4-16(7-18)26(32,33)38)15-6-23(39-12-15)22-9-20(25(29,30)31)19(10-34)24(36)35(22)11-13-2-3-17(27)8-21(13)28/h2-9,12H,11,38H2,1H3. The average Bonchev–Trinajstić information content (AvgIpc) is 3.35. The minimum atomic E-state index is -5.09. The molecule has 4 aromatic rings. The third-order valence-electron chi connectivity index (χ3n) is 5.87. The van der Waals surface area contributed by atoms with E-state index in [9.17, 15) is 45.0 Å². The van der Waals surface area contributed by atoms with Gasteiger partial charge in [0.2, 0.25) is 0 Å². The number of rotatable bonds is 6. The number of hydrogen-bond acceptors (Lipinski definition) is 4. The third-order valence-corrected chi connectivity index (χ3v) is 8.06. The summed E-state index contributed by atoms with van der Waals surface area (Å²) in [6, 6.07) is 9.25. The number of alkyl halides is 5. The summed E-state index contributed by atoms with van der Waals surface area (Å²) in [5.41, 5.74) is -7.98. The molecule has 0 spiro atoms. The van der Waals surface area contributed by atoms with Crippen molar-refractivity contribution in [1.29, 1.82) is 5.26 Å². The Kier molecular flexibility index (Phi) is 8.09. The van der Waals surface area contributed by atoms with E-state index in [0.717, 1.165) is 40.2 Å². The molecule has 0 radical (unpaired) electrons. The summed E-state index contributed by atoms with van der Waals surface area (Å²) in [7, 11) is -0.266. The molecule has 0 saturated carbocycles. The zero-order chi connectivity index (χ0) is 29.6. The van der Waals surface area contributed by atoms with Gasteiger partial charge in [-0.15, -0.1) is 11.3 Å². The minimum absolute atomic E-state index is 0.0619. The van der Waals surface area contributed by atoms with E-state index in [-0.39, 0.29) is 32.2 Å². The number of aromatic nitrogens is 1. The van der Waals surface area contributed by atoms with Gasteiger partial charge in [-0.25, -0.2) is 8.78 Å². The van der Waals surface area contributed by atoms with E-state index in [2.05, 4.69) is 0 Å². The van der Waals surface area contributed by atoms with Gasteiger partial charge in [-0.2, -0.15) is 27.2 Å². The van der Waals surface area contributed by atoms with Gasteiger partial charge >= 0.3 is 6.18 Å². The third kappa shape index (κ3) is 6.04. The topological polar surface area (TPSA) is 62.9 Å². The Labute approximate surface area is 231 Å². The Balaban J connectivity index is 1.95. The van der Waals surface area contributed by atoms with Crippen molar-refractivity contribution in [1.82, 2.24) is 4.57 Å². The molecule has 4 nitrogen and oxygen atoms in total. The van der Waals surface area contributed by atoms with Crippen LogP contribution in [0.3, 0.4) is 0 Å². The van der Waals surface area contributed by atoms with Crippen molar-refractivity contribution in [2.24, 2.45) is 0 Å². The fourth-order valence-corrected chi connectivity index (χ4v) is 5.60. The van der Waals surface area contributed by atoms with Crippen molar-refractivity contribution in [2.75, 3.05) is 6.26 Å². The summed E-state index contributed by atoms with van der Waals surface area (Å²) in [6.45, 7) is -0.631. The van der Waals surface area contributed by atoms with Crippen molar-refractivity contribution in [2.45, 2.75) is 23.3 Å². The Morgan fingerprint density at radius 1 is 1.02 bits per heavy atom. The lowest BCUT2D eigenvalue weighted by Crippen LogP contribution is -2.28. The van der Waals surface area contributed by atoms with Gasteiger partial charge < -0.3 is 4.57 Å². The van der Waals surface area contributed by atoms with Crippen LogP contribution in [0.25, 0.3) is 21.7 Å². The molecule has 14 heteroatoms. The van der Waals surface area contributed by atoms with Gasteiger partial charge in [0.25, 0.3) is 11.2 Å². The Hall–Kier alpha value is -3.33. The van der Waals surface area contributed by atoms with Crippen LogP contribution in [0.15, 0.2) is 63.6 Å². The number of pyridine rings is 1. The number of nitriles is 1. The molecule has 4 rings (SSSR count). The molecular weight excluding hydrogens is 600 g/mol. The van der Waals surface area contributed by atoms with Gasteiger partial charge in [-0.05, 0) is 52.9 Å². The van der Waals surface area contributed by atoms with E-state index in [1.165, 1.54) is 39.1 Å². The summed E-state index contributed by atoms with van der Waals surface area (Å²) in [4.78, 5) is 13.3. The van der Waals surface area contributed by atoms with Crippen molar-refractivity contribution in [3.63, 3.8) is 0 Å². The van der Waals surface area contributed by atoms with E-state index < -0.39 is 63.1 Å². The molecule has 0 aliphatic rings. The van der Waals surface area contributed by atoms with Crippen molar-refractivity contribution >= 4 is 31.4 Å². The molecule has 0 bridgehead atoms. The summed E-state index contributed by atoms with van der Waals surface area (Å²) in [6.07, 6.45) is -3.79. The molecule has 0 aliphatic carbocycles. The lowest BCUT2D eigenvalue weighted by atomic mass is 10.0. The number of benzene rings is 2. The first-order chi connectivity index (χ1) is 18.6. The Morgan fingerprint density at radius 2 is 1.73 bits per heavy atom. The molecule has 2 unspecified atom stereocenters. The molecule has 40 heavy (non-hydrogen) atoms. The van der Waals surface area contributed by atoms with E-state index in [4.69, 9.17) is 0 Å². The molecule has 0 N–H and O–H groups in total. The Morgan fingerprint density at radius 3 is 2.30 bits per heavy atom. The van der Waals surface area contributed by atoms with Crippen molar-refractivity contribution in [3.05, 3.63) is 98.2 Å². The van der Waals surface area contributed by atoms with E-state index in [0.29, 0.717) is 12.1 Å². The number of hydrogen-bond donors (Lipinski definition) is 0. The number of halogens is 7. The number of thiophene rings is 1. The summed E-state index contributed by atoms with van der Waals surface area (Å²) in [5.74, 6) is -1.97. The van der Waals surface area contributed by atoms with Crippen molar-refractivity contribution in [3.8, 4) is 27.8 Å². The van der Waals surface area contributed by atoms with Crippen LogP contribution in [0.1, 0.15) is 22.3 Å². The molecule has 0 fully saturated rings. The van der Waals surface area contributed by atoms with E-state index in [1.54, 1.807) is 0 Å². The second kappa shape index (κ2) is 10.9. The maximum absolute atomic E-state index is 14.4. The Bertz CT molecular complexity index is 1750. The summed E-state index contributed by atoms with van der Waals surface area (Å²) in [5, 5.41) is 10.8. The highest BCUT2D eigenvalue weighted by atomic mass is 32.2. The smallest absolute Gasteiger partial charge is 0.302 e. The lowest BCUT2D eigenvalue weighted by Gasteiger charge is -2.17. The quantitative estimate of drug-likeness (QED) is 0.171. The predicted molar refractivity (Wildman–Crippen MR) is 141 cm³/mol. The van der Waals surface area contributed by atoms with E-state index >= 15 is 0 Å². The highest BCUT2D eigenvalue weighted by Crippen LogP contribution is 2.41. The zero-order valence-corrected chi connectivity index (χ0v) is 22.9. The van der Waals surface area contributed by atoms with Gasteiger partial charge in [-0.3, -0.25) is 9.00 Å². The largest absolute Gasteiger partial charge is 0.417 e. The van der Waals surface area contributed by atoms with Crippen LogP contribution in [0, 0.1) is 23.0 Å². The van der Waals surface area contributed by atoms with Gasteiger partial charge in [0, 0.05) is 39.1 Å². The zero-order valence-electron chi connectivity index (χ0n) is 20.2. The molecule has 2 aromatic heterocycles. The van der Waals surface area contributed by atoms with Crippen LogP contribution in [-0.4, -0.2) is 15.0 Å². The fourth-order valence-electron chi connectivity index (χ4n) is 3.91. The van der Waals surface area contributed by atoms with Gasteiger partial charge in [-0.1, -0.05) is 15.3 Å². The minimum Gasteiger partial charge on any atom is -0.302 e. The molecule has 2 atom stereocenters. The first kappa shape index (κ1) is 29.6. The molecule has 2 aromatic carbocycles. The van der Waals surface area contributed by atoms with Crippen LogP contribution >= 0.6 is 20.6 Å². The van der Waals surface area contributed by atoms with Crippen LogP contribution in [0.4, 0.5) is 30.7 Å². The monoisotopic (exact) mass is 616 g/mol. The average molecular weight is 617 g/mol. The second-order valence-electron chi connectivity index (χ2n) is 8.58. The predicted octanol–water partition coefficient (Wildman–Crippen LogP) is 7.12. The van der Waals surface area contributed by atoms with Crippen molar-refractivity contribution < 1.29 is 34.9 Å². The molecule has 208 valence electrons. The summed E-state index contributed by atoms with van der Waals surface area (Å²) >= 11 is 0.866. The van der Waals surface area contributed by atoms with Gasteiger partial charge in [0.15, 0.2) is 0 Å². The maximum atomic E-state index is 14.4. The molecule has 0 saturated heterocycles. The van der Waals surface area contributed by atoms with E-state index in [1.807, 2.05) is 0 Å². The van der Waals surface area contributed by atoms with Crippen LogP contribution < -0.4 is 5.56 Å². The van der Waals surface area contributed by atoms with Gasteiger partial charge in [0.05, 0.1) is 22.7 Å². The second-order valence-corrected chi connectivity index (χ2v) is 11.6. The molecule has 0 amide bonds. The first-order valence-electron chi connectivity index (χ1n) is 11.0. The lowest BCUT2D eigenvalue weighted by molar-refractivity contribution is -0.137. The normalized spacial score (nSPS) is 12.8. The SMILES string of the molecule is CS(=O)c1cc(-c2csc(-c3cc(C(F)(F)F)c(C#N)c(=O)n3Cc3ccc(F)cc3F)c2)cc(C(F)(F)P)c1. The van der Waals surface area contributed by atoms with Crippen LogP contribution in [-0.2, 0) is 29.2 Å². The molecular formula is C26H16F7N2O2PS2. The highest BCUT2D eigenvalue weighted by molar-refractivity contribution is 7.84. The first-order valence-corrected chi connectivity index (χ1v) is 14.1. The highest BCUT2D eigenvalue weighted by Gasteiger charge is 2.37. The van der Waals surface area contributed by atoms with Crippen LogP contribution in [0.5, 0.6) is 0 Å². The number of nitrogens with zero attached hydrogens (tertiary/aromatic N) is 2. The van der Waals surface area contributed by atoms with Crippen LogP contribution in [0.2, 0.25) is 0 Å². The van der Waals surface area contributed by atoms with Gasteiger partial charge in [0.1, 0.15) is 23.3 Å². The maximum Gasteiger partial charge on any atom is 0.417 e. The fraction of sp³-hybridized carbons (Fsp3) is 0.154. The molecule has 0 aliphatic heterocycles. The molecule has 2 heterocycles.